The maximum atomic E-state index is 4.31. The predicted octanol–water partition coefficient (Wildman–Crippen LogP) is 2.40. The summed E-state index contributed by atoms with van der Waals surface area (Å²) in [6.45, 7) is 7.56. The lowest BCUT2D eigenvalue weighted by Gasteiger charge is -2.22. The molecule has 116 valence electrons. The SMILES string of the molecule is CCN(CCNC(=NC)NC(C)c1ccccc1)C1CC1. The van der Waals surface area contributed by atoms with Crippen LogP contribution in [0, 0.1) is 0 Å². The van der Waals surface area contributed by atoms with E-state index in [4.69, 9.17) is 0 Å². The lowest BCUT2D eigenvalue weighted by Crippen LogP contribution is -2.42. The van der Waals surface area contributed by atoms with Gasteiger partial charge in [0.05, 0.1) is 6.04 Å². The van der Waals surface area contributed by atoms with E-state index < -0.39 is 0 Å². The van der Waals surface area contributed by atoms with Crippen LogP contribution in [0.1, 0.15) is 38.3 Å². The molecule has 0 spiro atoms. The molecule has 2 rings (SSSR count). The van der Waals surface area contributed by atoms with Gasteiger partial charge in [0.15, 0.2) is 5.96 Å². The highest BCUT2D eigenvalue weighted by molar-refractivity contribution is 5.80. The molecule has 0 aliphatic heterocycles. The van der Waals surface area contributed by atoms with Gasteiger partial charge in [-0.15, -0.1) is 0 Å². The molecule has 4 nitrogen and oxygen atoms in total. The van der Waals surface area contributed by atoms with Gasteiger partial charge in [0.25, 0.3) is 0 Å². The smallest absolute Gasteiger partial charge is 0.191 e. The molecule has 1 atom stereocenters. The monoisotopic (exact) mass is 288 g/mol. The molecule has 1 fully saturated rings. The van der Waals surface area contributed by atoms with Crippen LogP contribution >= 0.6 is 0 Å². The second kappa shape index (κ2) is 8.03. The summed E-state index contributed by atoms with van der Waals surface area (Å²) >= 11 is 0. The molecular weight excluding hydrogens is 260 g/mol. The topological polar surface area (TPSA) is 39.7 Å². The van der Waals surface area contributed by atoms with Crippen LogP contribution in [-0.2, 0) is 0 Å². The van der Waals surface area contributed by atoms with Crippen molar-refractivity contribution < 1.29 is 0 Å². The van der Waals surface area contributed by atoms with Crippen LogP contribution in [0.15, 0.2) is 35.3 Å². The number of hydrogen-bond acceptors (Lipinski definition) is 2. The Labute approximate surface area is 128 Å². The Morgan fingerprint density at radius 3 is 2.62 bits per heavy atom. The summed E-state index contributed by atoms with van der Waals surface area (Å²) < 4.78 is 0. The molecule has 0 radical (unpaired) electrons. The van der Waals surface area contributed by atoms with E-state index in [-0.39, 0.29) is 6.04 Å². The Balaban J connectivity index is 1.75. The lowest BCUT2D eigenvalue weighted by atomic mass is 10.1. The predicted molar refractivity (Wildman–Crippen MR) is 89.6 cm³/mol. The number of hydrogen-bond donors (Lipinski definition) is 2. The maximum Gasteiger partial charge on any atom is 0.191 e. The fourth-order valence-electron chi connectivity index (χ4n) is 2.58. The van der Waals surface area contributed by atoms with Gasteiger partial charge in [-0.1, -0.05) is 37.3 Å². The van der Waals surface area contributed by atoms with E-state index >= 15 is 0 Å². The van der Waals surface area contributed by atoms with Crippen LogP contribution in [0.2, 0.25) is 0 Å². The van der Waals surface area contributed by atoms with E-state index in [1.54, 1.807) is 0 Å². The Hall–Kier alpha value is -1.55. The van der Waals surface area contributed by atoms with Crippen molar-refractivity contribution in [1.29, 1.82) is 0 Å². The molecule has 1 aromatic rings. The number of aliphatic imine (C=N–C) groups is 1. The summed E-state index contributed by atoms with van der Waals surface area (Å²) in [5.41, 5.74) is 1.27. The minimum absolute atomic E-state index is 0.253. The lowest BCUT2D eigenvalue weighted by molar-refractivity contribution is 0.282. The summed E-state index contributed by atoms with van der Waals surface area (Å²) in [6.07, 6.45) is 2.73. The quantitative estimate of drug-likeness (QED) is 0.598. The fraction of sp³-hybridized carbons (Fsp3) is 0.588. The van der Waals surface area contributed by atoms with Crippen molar-refractivity contribution in [3.8, 4) is 0 Å². The van der Waals surface area contributed by atoms with Crippen LogP contribution < -0.4 is 10.6 Å². The Bertz CT molecular complexity index is 439. The van der Waals surface area contributed by atoms with E-state index in [0.717, 1.165) is 31.6 Å². The molecule has 0 heterocycles. The standard InChI is InChI=1S/C17H28N4/c1-4-21(16-10-11-16)13-12-19-17(18-3)20-14(2)15-8-6-5-7-9-15/h5-9,14,16H,4,10-13H2,1-3H3,(H2,18,19,20). The van der Waals surface area contributed by atoms with Crippen LogP contribution in [-0.4, -0.2) is 43.6 Å². The van der Waals surface area contributed by atoms with Gasteiger partial charge in [0.2, 0.25) is 0 Å². The minimum Gasteiger partial charge on any atom is -0.355 e. The van der Waals surface area contributed by atoms with Crippen molar-refractivity contribution in [2.75, 3.05) is 26.7 Å². The van der Waals surface area contributed by atoms with Crippen LogP contribution in [0.5, 0.6) is 0 Å². The third-order valence-corrected chi connectivity index (χ3v) is 4.04. The largest absolute Gasteiger partial charge is 0.355 e. The zero-order valence-corrected chi connectivity index (χ0v) is 13.5. The molecule has 2 N–H and O–H groups in total. The number of rotatable bonds is 7. The summed E-state index contributed by atoms with van der Waals surface area (Å²) in [5, 5.41) is 6.85. The zero-order valence-electron chi connectivity index (χ0n) is 13.5. The molecule has 21 heavy (non-hydrogen) atoms. The number of nitrogens with one attached hydrogen (secondary N) is 2. The Morgan fingerprint density at radius 2 is 2.05 bits per heavy atom. The van der Waals surface area contributed by atoms with Gasteiger partial charge in [0, 0.05) is 26.2 Å². The van der Waals surface area contributed by atoms with Gasteiger partial charge < -0.3 is 10.6 Å². The van der Waals surface area contributed by atoms with E-state index in [2.05, 4.69) is 58.6 Å². The van der Waals surface area contributed by atoms with Crippen molar-refractivity contribution in [2.24, 2.45) is 4.99 Å². The average Bonchev–Trinajstić information content (AvgIpc) is 3.36. The molecule has 1 aliphatic carbocycles. The fourth-order valence-corrected chi connectivity index (χ4v) is 2.58. The molecule has 1 saturated carbocycles. The van der Waals surface area contributed by atoms with Gasteiger partial charge >= 0.3 is 0 Å². The average molecular weight is 288 g/mol. The highest BCUT2D eigenvalue weighted by Crippen LogP contribution is 2.25. The van der Waals surface area contributed by atoms with Crippen LogP contribution in [0.4, 0.5) is 0 Å². The highest BCUT2D eigenvalue weighted by atomic mass is 15.2. The van der Waals surface area contributed by atoms with Crippen molar-refractivity contribution in [1.82, 2.24) is 15.5 Å². The molecule has 4 heteroatoms. The second-order valence-corrected chi connectivity index (χ2v) is 5.64. The van der Waals surface area contributed by atoms with Gasteiger partial charge in [-0.25, -0.2) is 0 Å². The first-order chi connectivity index (χ1) is 10.2. The molecular formula is C17H28N4. The molecule has 0 bridgehead atoms. The van der Waals surface area contributed by atoms with Crippen LogP contribution in [0.3, 0.4) is 0 Å². The minimum atomic E-state index is 0.253. The van der Waals surface area contributed by atoms with Crippen molar-refractivity contribution in [3.63, 3.8) is 0 Å². The molecule has 1 unspecified atom stereocenters. The first-order valence-electron chi connectivity index (χ1n) is 8.00. The molecule has 1 aliphatic rings. The maximum absolute atomic E-state index is 4.31. The van der Waals surface area contributed by atoms with Crippen molar-refractivity contribution in [2.45, 2.75) is 38.8 Å². The van der Waals surface area contributed by atoms with Gasteiger partial charge in [-0.05, 0) is 31.9 Å². The summed E-state index contributed by atoms with van der Waals surface area (Å²) in [4.78, 5) is 6.86. The molecule has 0 saturated heterocycles. The third-order valence-electron chi connectivity index (χ3n) is 4.04. The first-order valence-corrected chi connectivity index (χ1v) is 8.00. The number of likely N-dealkylation sites (N-methyl/N-ethyl adjacent to an activating group) is 1. The summed E-state index contributed by atoms with van der Waals surface area (Å²) in [6, 6.07) is 11.5. The van der Waals surface area contributed by atoms with E-state index in [9.17, 15) is 0 Å². The Morgan fingerprint density at radius 1 is 1.33 bits per heavy atom. The second-order valence-electron chi connectivity index (χ2n) is 5.64. The number of benzene rings is 1. The van der Waals surface area contributed by atoms with Gasteiger partial charge in [-0.2, -0.15) is 0 Å². The molecule has 0 aromatic heterocycles. The Kier molecular flexibility index (Phi) is 6.05. The van der Waals surface area contributed by atoms with Gasteiger partial charge in [0.1, 0.15) is 0 Å². The van der Waals surface area contributed by atoms with Crippen molar-refractivity contribution in [3.05, 3.63) is 35.9 Å². The normalized spacial score (nSPS) is 16.9. The number of guanidine groups is 1. The molecule has 0 amide bonds. The zero-order chi connectivity index (χ0) is 15.1. The molecule has 1 aromatic carbocycles. The van der Waals surface area contributed by atoms with Crippen molar-refractivity contribution >= 4 is 5.96 Å². The van der Waals surface area contributed by atoms with Crippen LogP contribution in [0.25, 0.3) is 0 Å². The third kappa shape index (κ3) is 5.05. The summed E-state index contributed by atoms with van der Waals surface area (Å²) in [5.74, 6) is 0.873. The summed E-state index contributed by atoms with van der Waals surface area (Å²) in [7, 11) is 1.82. The number of nitrogens with zero attached hydrogens (tertiary/aromatic N) is 2. The van der Waals surface area contributed by atoms with E-state index in [1.807, 2.05) is 13.1 Å². The van der Waals surface area contributed by atoms with E-state index in [1.165, 1.54) is 18.4 Å². The first kappa shape index (κ1) is 15.8. The van der Waals surface area contributed by atoms with Gasteiger partial charge in [-0.3, -0.25) is 9.89 Å². The highest BCUT2D eigenvalue weighted by Gasteiger charge is 2.27. The van der Waals surface area contributed by atoms with E-state index in [0.29, 0.717) is 0 Å².